The summed E-state index contributed by atoms with van der Waals surface area (Å²) >= 11 is 1.32. The van der Waals surface area contributed by atoms with Crippen LogP contribution in [0.25, 0.3) is 11.6 Å². The number of furan rings is 1. The van der Waals surface area contributed by atoms with Gasteiger partial charge < -0.3 is 9.73 Å². The molecule has 2 aromatic carbocycles. The highest BCUT2D eigenvalue weighted by molar-refractivity contribution is 8.00. The third kappa shape index (κ3) is 4.97. The fraction of sp³-hybridized carbons (Fsp3) is 0.167. The van der Waals surface area contributed by atoms with E-state index in [1.54, 1.807) is 36.6 Å². The van der Waals surface area contributed by atoms with Gasteiger partial charge in [0.15, 0.2) is 16.7 Å². The van der Waals surface area contributed by atoms with Gasteiger partial charge in [0.05, 0.1) is 18.1 Å². The first-order valence-electron chi connectivity index (χ1n) is 10.1. The number of carbonyl (C=O) groups excluding carboxylic acids is 2. The van der Waals surface area contributed by atoms with E-state index in [-0.39, 0.29) is 11.7 Å². The van der Waals surface area contributed by atoms with Crippen molar-refractivity contribution in [2.45, 2.75) is 30.8 Å². The van der Waals surface area contributed by atoms with Crippen LogP contribution in [-0.4, -0.2) is 31.7 Å². The average Bonchev–Trinajstić information content (AvgIpc) is 3.45. The molecule has 162 valence electrons. The van der Waals surface area contributed by atoms with Gasteiger partial charge in [-0.15, -0.1) is 10.2 Å². The second-order valence-corrected chi connectivity index (χ2v) is 8.55. The summed E-state index contributed by atoms with van der Waals surface area (Å²) in [7, 11) is 0. The van der Waals surface area contributed by atoms with Crippen LogP contribution in [0.3, 0.4) is 0 Å². The molecule has 1 amide bonds. The lowest BCUT2D eigenvalue weighted by atomic mass is 10.1. The second-order valence-electron chi connectivity index (χ2n) is 7.24. The highest BCUT2D eigenvalue weighted by Crippen LogP contribution is 2.28. The van der Waals surface area contributed by atoms with Gasteiger partial charge in [0.25, 0.3) is 0 Å². The van der Waals surface area contributed by atoms with E-state index >= 15 is 0 Å². The van der Waals surface area contributed by atoms with E-state index < -0.39 is 5.25 Å². The van der Waals surface area contributed by atoms with E-state index in [1.165, 1.54) is 18.7 Å². The zero-order valence-corrected chi connectivity index (χ0v) is 18.5. The Kier molecular flexibility index (Phi) is 6.51. The molecule has 0 aliphatic rings. The third-order valence-corrected chi connectivity index (χ3v) is 5.93. The van der Waals surface area contributed by atoms with Crippen molar-refractivity contribution < 1.29 is 14.0 Å². The predicted molar refractivity (Wildman–Crippen MR) is 124 cm³/mol. The summed E-state index contributed by atoms with van der Waals surface area (Å²) in [5.41, 5.74) is 2.32. The van der Waals surface area contributed by atoms with E-state index in [0.29, 0.717) is 34.5 Å². The van der Waals surface area contributed by atoms with Gasteiger partial charge in [-0.25, -0.2) is 0 Å². The quantitative estimate of drug-likeness (QED) is 0.306. The fourth-order valence-electron chi connectivity index (χ4n) is 3.12. The monoisotopic (exact) mass is 446 g/mol. The number of anilines is 1. The van der Waals surface area contributed by atoms with Gasteiger partial charge >= 0.3 is 0 Å². The van der Waals surface area contributed by atoms with Gasteiger partial charge in [-0.3, -0.25) is 14.2 Å². The SMILES string of the molecule is CC(=O)c1ccc(NC(=O)C(C)Sc2nnc(-c3ccco3)n2Cc2ccccc2)cc1. The summed E-state index contributed by atoms with van der Waals surface area (Å²) in [6.45, 7) is 3.87. The molecule has 1 N–H and O–H groups in total. The van der Waals surface area contributed by atoms with Crippen LogP contribution in [0, 0.1) is 0 Å². The summed E-state index contributed by atoms with van der Waals surface area (Å²) in [4.78, 5) is 24.2. The molecule has 0 fully saturated rings. The summed E-state index contributed by atoms with van der Waals surface area (Å²) < 4.78 is 7.48. The van der Waals surface area contributed by atoms with Crippen LogP contribution in [0.15, 0.2) is 82.6 Å². The standard InChI is InChI=1S/C24H22N4O3S/c1-16(29)19-10-12-20(13-11-19)25-23(30)17(2)32-24-27-26-22(21-9-6-14-31-21)28(24)15-18-7-4-3-5-8-18/h3-14,17H,15H2,1-2H3,(H,25,30). The molecule has 4 rings (SSSR count). The summed E-state index contributed by atoms with van der Waals surface area (Å²) in [6.07, 6.45) is 1.59. The number of nitrogens with zero attached hydrogens (tertiary/aromatic N) is 3. The molecular formula is C24H22N4O3S. The number of Topliss-reactive ketones (excluding diaryl/α,β-unsaturated/α-hetero) is 1. The van der Waals surface area contributed by atoms with Crippen LogP contribution in [0.4, 0.5) is 5.69 Å². The number of hydrogen-bond acceptors (Lipinski definition) is 6. The second kappa shape index (κ2) is 9.65. The molecule has 0 aliphatic carbocycles. The molecule has 0 bridgehead atoms. The molecule has 0 spiro atoms. The zero-order chi connectivity index (χ0) is 22.5. The molecule has 0 radical (unpaired) electrons. The van der Waals surface area contributed by atoms with Gasteiger partial charge in [-0.1, -0.05) is 42.1 Å². The maximum Gasteiger partial charge on any atom is 0.237 e. The minimum Gasteiger partial charge on any atom is -0.461 e. The van der Waals surface area contributed by atoms with Crippen LogP contribution < -0.4 is 5.32 Å². The van der Waals surface area contributed by atoms with Crippen molar-refractivity contribution in [1.29, 1.82) is 0 Å². The topological polar surface area (TPSA) is 90.0 Å². The first-order chi connectivity index (χ1) is 15.5. The van der Waals surface area contributed by atoms with Gasteiger partial charge in [0.2, 0.25) is 11.7 Å². The molecule has 2 heterocycles. The Labute approximate surface area is 189 Å². The number of ketones is 1. The Hall–Kier alpha value is -3.65. The molecule has 0 saturated carbocycles. The minimum absolute atomic E-state index is 0.0167. The summed E-state index contributed by atoms with van der Waals surface area (Å²) in [6, 6.07) is 20.5. The van der Waals surface area contributed by atoms with E-state index in [1.807, 2.05) is 47.9 Å². The van der Waals surface area contributed by atoms with Gasteiger partial charge in [0, 0.05) is 11.3 Å². The van der Waals surface area contributed by atoms with Crippen molar-refractivity contribution in [3.63, 3.8) is 0 Å². The number of carbonyl (C=O) groups is 2. The number of aromatic nitrogens is 3. The predicted octanol–water partition coefficient (Wildman–Crippen LogP) is 4.91. The summed E-state index contributed by atoms with van der Waals surface area (Å²) in [5, 5.41) is 11.7. The minimum atomic E-state index is -0.425. The molecule has 1 atom stereocenters. The van der Waals surface area contributed by atoms with Gasteiger partial charge in [-0.05, 0) is 55.8 Å². The van der Waals surface area contributed by atoms with Crippen molar-refractivity contribution >= 4 is 29.1 Å². The number of nitrogens with one attached hydrogen (secondary N) is 1. The van der Waals surface area contributed by atoms with Crippen LogP contribution in [0.1, 0.15) is 29.8 Å². The molecule has 0 aliphatic heterocycles. The van der Waals surface area contributed by atoms with E-state index in [0.717, 1.165) is 5.56 Å². The van der Waals surface area contributed by atoms with Crippen LogP contribution in [0.2, 0.25) is 0 Å². The smallest absolute Gasteiger partial charge is 0.237 e. The maximum absolute atomic E-state index is 12.8. The maximum atomic E-state index is 12.8. The molecule has 4 aromatic rings. The summed E-state index contributed by atoms with van der Waals surface area (Å²) in [5.74, 6) is 1.04. The van der Waals surface area contributed by atoms with Crippen molar-refractivity contribution in [2.24, 2.45) is 0 Å². The molecule has 7 nitrogen and oxygen atoms in total. The number of benzene rings is 2. The highest BCUT2D eigenvalue weighted by atomic mass is 32.2. The molecule has 1 unspecified atom stereocenters. The average molecular weight is 447 g/mol. The first-order valence-corrected chi connectivity index (χ1v) is 11.0. The number of thioether (sulfide) groups is 1. The normalized spacial score (nSPS) is 11.8. The molecule has 2 aromatic heterocycles. The largest absolute Gasteiger partial charge is 0.461 e. The van der Waals surface area contributed by atoms with Crippen LogP contribution >= 0.6 is 11.8 Å². The number of amides is 1. The Morgan fingerprint density at radius 2 is 1.78 bits per heavy atom. The van der Waals surface area contributed by atoms with Gasteiger partial charge in [-0.2, -0.15) is 0 Å². The number of hydrogen-bond donors (Lipinski definition) is 1. The van der Waals surface area contributed by atoms with Gasteiger partial charge in [0.1, 0.15) is 0 Å². The zero-order valence-electron chi connectivity index (χ0n) is 17.7. The fourth-order valence-corrected chi connectivity index (χ4v) is 3.96. The molecule has 0 saturated heterocycles. The van der Waals surface area contributed by atoms with Crippen LogP contribution in [0.5, 0.6) is 0 Å². The third-order valence-electron chi connectivity index (χ3n) is 4.85. The van der Waals surface area contributed by atoms with E-state index in [4.69, 9.17) is 4.42 Å². The number of rotatable bonds is 8. The van der Waals surface area contributed by atoms with Crippen molar-refractivity contribution in [3.05, 3.63) is 84.1 Å². The Morgan fingerprint density at radius 1 is 1.03 bits per heavy atom. The van der Waals surface area contributed by atoms with Crippen molar-refractivity contribution in [2.75, 3.05) is 5.32 Å². The van der Waals surface area contributed by atoms with E-state index in [2.05, 4.69) is 15.5 Å². The molecule has 8 heteroatoms. The van der Waals surface area contributed by atoms with Crippen molar-refractivity contribution in [1.82, 2.24) is 14.8 Å². The van der Waals surface area contributed by atoms with Crippen molar-refractivity contribution in [3.8, 4) is 11.6 Å². The first kappa shape index (κ1) is 21.6. The lowest BCUT2D eigenvalue weighted by Gasteiger charge is -2.14. The Morgan fingerprint density at radius 3 is 2.44 bits per heavy atom. The Balaban J connectivity index is 1.52. The van der Waals surface area contributed by atoms with Crippen LogP contribution in [-0.2, 0) is 11.3 Å². The molecule has 32 heavy (non-hydrogen) atoms. The highest BCUT2D eigenvalue weighted by Gasteiger charge is 2.22. The lowest BCUT2D eigenvalue weighted by Crippen LogP contribution is -2.23. The molecular weight excluding hydrogens is 424 g/mol. The van der Waals surface area contributed by atoms with E-state index in [9.17, 15) is 9.59 Å². The Bertz CT molecular complexity index is 1200. The lowest BCUT2D eigenvalue weighted by molar-refractivity contribution is -0.115.